The molecule has 0 radical (unpaired) electrons. The normalized spacial score (nSPS) is 18.6. The highest BCUT2D eigenvalue weighted by Crippen LogP contribution is 2.27. The van der Waals surface area contributed by atoms with E-state index in [0.29, 0.717) is 12.3 Å². The first-order valence-corrected chi connectivity index (χ1v) is 7.08. The Bertz CT molecular complexity index is 389. The van der Waals surface area contributed by atoms with E-state index in [1.807, 2.05) is 18.2 Å². The molecule has 1 heterocycles. The van der Waals surface area contributed by atoms with E-state index < -0.39 is 0 Å². The third-order valence-electron chi connectivity index (χ3n) is 3.47. The van der Waals surface area contributed by atoms with Gasteiger partial charge in [0, 0.05) is 13.2 Å². The van der Waals surface area contributed by atoms with Crippen LogP contribution >= 0.6 is 15.9 Å². The van der Waals surface area contributed by atoms with Crippen LogP contribution < -0.4 is 4.74 Å². The smallest absolute Gasteiger partial charge is 0.133 e. The van der Waals surface area contributed by atoms with Gasteiger partial charge in [0.1, 0.15) is 5.75 Å². The van der Waals surface area contributed by atoms with Gasteiger partial charge in [-0.3, -0.25) is 0 Å². The minimum atomic E-state index is -0.283. The van der Waals surface area contributed by atoms with Gasteiger partial charge in [-0.2, -0.15) is 0 Å². The molecule has 1 aliphatic rings. The zero-order valence-corrected chi connectivity index (χ0v) is 12.1. The number of ether oxygens (including phenoxy) is 2. The summed E-state index contributed by atoms with van der Waals surface area (Å²) in [5.41, 5.74) is 1.13. The highest BCUT2D eigenvalue weighted by molar-refractivity contribution is 9.10. The van der Waals surface area contributed by atoms with Gasteiger partial charge < -0.3 is 14.6 Å². The summed E-state index contributed by atoms with van der Waals surface area (Å²) < 4.78 is 11.4. The van der Waals surface area contributed by atoms with Gasteiger partial charge in [-0.15, -0.1) is 0 Å². The van der Waals surface area contributed by atoms with E-state index in [0.717, 1.165) is 41.8 Å². The number of methoxy groups -OCH3 is 1. The maximum absolute atomic E-state index is 10.2. The Morgan fingerprint density at radius 2 is 2.17 bits per heavy atom. The number of halogens is 1. The number of hydrogen-bond donors (Lipinski definition) is 1. The second kappa shape index (κ2) is 6.55. The van der Waals surface area contributed by atoms with Crippen molar-refractivity contribution in [1.82, 2.24) is 0 Å². The molecule has 0 saturated carbocycles. The van der Waals surface area contributed by atoms with E-state index in [4.69, 9.17) is 9.47 Å². The minimum Gasteiger partial charge on any atom is -0.496 e. The molecule has 3 nitrogen and oxygen atoms in total. The Morgan fingerprint density at radius 1 is 1.44 bits per heavy atom. The molecule has 1 aromatic carbocycles. The summed E-state index contributed by atoms with van der Waals surface area (Å²) in [7, 11) is 1.65. The highest BCUT2D eigenvalue weighted by atomic mass is 79.9. The average molecular weight is 315 g/mol. The molecule has 1 saturated heterocycles. The fourth-order valence-corrected chi connectivity index (χ4v) is 2.93. The number of aliphatic hydroxyl groups is 1. The largest absolute Gasteiger partial charge is 0.496 e. The van der Waals surface area contributed by atoms with Crippen LogP contribution in [0.1, 0.15) is 18.4 Å². The first kappa shape index (κ1) is 13.8. The van der Waals surface area contributed by atoms with E-state index in [9.17, 15) is 5.11 Å². The molecule has 1 fully saturated rings. The molecule has 1 atom stereocenters. The highest BCUT2D eigenvalue weighted by Gasteiger charge is 2.22. The zero-order valence-electron chi connectivity index (χ0n) is 10.6. The molecule has 0 aliphatic carbocycles. The van der Waals surface area contributed by atoms with Crippen molar-refractivity contribution in [3.05, 3.63) is 28.2 Å². The van der Waals surface area contributed by atoms with Gasteiger partial charge in [-0.25, -0.2) is 0 Å². The van der Waals surface area contributed by atoms with Crippen LogP contribution in [0.4, 0.5) is 0 Å². The Balaban J connectivity index is 1.97. The molecule has 0 bridgehead atoms. The number of benzene rings is 1. The summed E-state index contributed by atoms with van der Waals surface area (Å²) in [6, 6.07) is 5.95. The maximum Gasteiger partial charge on any atom is 0.133 e. The quantitative estimate of drug-likeness (QED) is 0.928. The van der Waals surface area contributed by atoms with E-state index in [1.54, 1.807) is 7.11 Å². The summed E-state index contributed by atoms with van der Waals surface area (Å²) in [5.74, 6) is 1.18. The molecular formula is C14H19BrO3. The lowest BCUT2D eigenvalue weighted by atomic mass is 9.90. The Kier molecular flexibility index (Phi) is 5.03. The van der Waals surface area contributed by atoms with E-state index in [1.165, 1.54) is 0 Å². The predicted molar refractivity (Wildman–Crippen MR) is 73.9 cm³/mol. The third-order valence-corrected chi connectivity index (χ3v) is 4.09. The topological polar surface area (TPSA) is 38.7 Å². The lowest BCUT2D eigenvalue weighted by Gasteiger charge is -2.26. The van der Waals surface area contributed by atoms with Gasteiger partial charge in [-0.1, -0.05) is 6.07 Å². The summed E-state index contributed by atoms with van der Waals surface area (Å²) in [4.78, 5) is 0. The van der Waals surface area contributed by atoms with Crippen molar-refractivity contribution in [1.29, 1.82) is 0 Å². The summed E-state index contributed by atoms with van der Waals surface area (Å²) in [6.45, 7) is 1.54. The van der Waals surface area contributed by atoms with Crippen molar-refractivity contribution in [2.75, 3.05) is 20.3 Å². The molecule has 1 N–H and O–H groups in total. The number of rotatable bonds is 4. The molecule has 0 aromatic heterocycles. The van der Waals surface area contributed by atoms with Crippen LogP contribution in [-0.2, 0) is 11.2 Å². The lowest BCUT2D eigenvalue weighted by molar-refractivity contribution is 0.00839. The third kappa shape index (κ3) is 3.46. The Hall–Kier alpha value is -0.580. The first-order valence-electron chi connectivity index (χ1n) is 6.29. The first-order chi connectivity index (χ1) is 8.70. The van der Waals surface area contributed by atoms with Gasteiger partial charge in [0.25, 0.3) is 0 Å². The van der Waals surface area contributed by atoms with E-state index >= 15 is 0 Å². The lowest BCUT2D eigenvalue weighted by Crippen LogP contribution is -2.28. The summed E-state index contributed by atoms with van der Waals surface area (Å²) >= 11 is 3.47. The molecule has 0 spiro atoms. The minimum absolute atomic E-state index is 0.283. The fraction of sp³-hybridized carbons (Fsp3) is 0.571. The van der Waals surface area contributed by atoms with Crippen LogP contribution in [0.2, 0.25) is 0 Å². The molecule has 1 aliphatic heterocycles. The Labute approximate surface area is 116 Å². The fourth-order valence-electron chi connectivity index (χ4n) is 2.35. The number of aliphatic hydroxyl groups excluding tert-OH is 1. The average Bonchev–Trinajstić information content (AvgIpc) is 2.40. The summed E-state index contributed by atoms with van der Waals surface area (Å²) in [6.07, 6.45) is 2.32. The van der Waals surface area contributed by atoms with E-state index in [2.05, 4.69) is 15.9 Å². The van der Waals surface area contributed by atoms with Crippen LogP contribution in [0.3, 0.4) is 0 Å². The van der Waals surface area contributed by atoms with Gasteiger partial charge in [0.15, 0.2) is 0 Å². The maximum atomic E-state index is 10.2. The predicted octanol–water partition coefficient (Wildman–Crippen LogP) is 2.79. The van der Waals surface area contributed by atoms with Crippen molar-refractivity contribution >= 4 is 15.9 Å². The van der Waals surface area contributed by atoms with Crippen LogP contribution in [0, 0.1) is 5.92 Å². The number of hydrogen-bond acceptors (Lipinski definition) is 3. The van der Waals surface area contributed by atoms with Gasteiger partial charge in [-0.05, 0) is 58.8 Å². The van der Waals surface area contributed by atoms with Crippen molar-refractivity contribution < 1.29 is 14.6 Å². The van der Waals surface area contributed by atoms with Crippen molar-refractivity contribution in [2.24, 2.45) is 5.92 Å². The van der Waals surface area contributed by atoms with Gasteiger partial charge >= 0.3 is 0 Å². The van der Waals surface area contributed by atoms with Crippen LogP contribution in [0.5, 0.6) is 5.75 Å². The molecule has 100 valence electrons. The SMILES string of the molecule is COc1ccc(CC(O)C2CCOCC2)cc1Br. The van der Waals surface area contributed by atoms with Crippen LogP contribution in [0.15, 0.2) is 22.7 Å². The van der Waals surface area contributed by atoms with Crippen LogP contribution in [-0.4, -0.2) is 31.5 Å². The molecule has 1 unspecified atom stereocenters. The summed E-state index contributed by atoms with van der Waals surface area (Å²) in [5, 5.41) is 10.2. The molecule has 2 rings (SSSR count). The molecule has 18 heavy (non-hydrogen) atoms. The second-order valence-electron chi connectivity index (χ2n) is 4.69. The molecule has 1 aromatic rings. The van der Waals surface area contributed by atoms with Gasteiger partial charge in [0.05, 0.1) is 17.7 Å². The Morgan fingerprint density at radius 3 is 2.78 bits per heavy atom. The zero-order chi connectivity index (χ0) is 13.0. The monoisotopic (exact) mass is 314 g/mol. The van der Waals surface area contributed by atoms with Crippen molar-refractivity contribution in [3.63, 3.8) is 0 Å². The second-order valence-corrected chi connectivity index (χ2v) is 5.54. The van der Waals surface area contributed by atoms with Crippen molar-refractivity contribution in [3.8, 4) is 5.75 Å². The van der Waals surface area contributed by atoms with Crippen LogP contribution in [0.25, 0.3) is 0 Å². The van der Waals surface area contributed by atoms with Gasteiger partial charge in [0.2, 0.25) is 0 Å². The molecule has 0 amide bonds. The molecular weight excluding hydrogens is 296 g/mol. The van der Waals surface area contributed by atoms with E-state index in [-0.39, 0.29) is 6.10 Å². The molecule has 4 heteroatoms. The standard InChI is InChI=1S/C14H19BrO3/c1-17-14-3-2-10(8-12(14)15)9-13(16)11-4-6-18-7-5-11/h2-3,8,11,13,16H,4-7,9H2,1H3. The van der Waals surface area contributed by atoms with Crippen molar-refractivity contribution in [2.45, 2.75) is 25.4 Å².